The van der Waals surface area contributed by atoms with Gasteiger partial charge in [0.25, 0.3) is 0 Å². The largest absolute Gasteiger partial charge is 0.478 e. The minimum Gasteiger partial charge on any atom is -0.478 e. The zero-order valence-corrected chi connectivity index (χ0v) is 14.7. The van der Waals surface area contributed by atoms with Crippen molar-refractivity contribution in [2.75, 3.05) is 0 Å². The topological polar surface area (TPSA) is 109 Å². The summed E-state index contributed by atoms with van der Waals surface area (Å²) >= 11 is 0. The zero-order valence-electron chi connectivity index (χ0n) is 14.7. The lowest BCUT2D eigenvalue weighted by Gasteiger charge is -2.22. The molecule has 0 unspecified atom stereocenters. The van der Waals surface area contributed by atoms with Crippen molar-refractivity contribution in [2.45, 2.75) is 41.5 Å². The monoisotopic (exact) mass is 334 g/mol. The fourth-order valence-corrected chi connectivity index (χ4v) is 2.14. The number of hydrogen-bond donors (Lipinski definition) is 2. The zero-order chi connectivity index (χ0) is 19.0. The molecule has 0 saturated heterocycles. The molecule has 0 fully saturated rings. The van der Waals surface area contributed by atoms with Crippen LogP contribution in [0.15, 0.2) is 12.1 Å². The normalized spacial score (nSPS) is 11.9. The van der Waals surface area contributed by atoms with Gasteiger partial charge in [-0.1, -0.05) is 41.5 Å². The molecule has 0 aromatic heterocycles. The smallest absolute Gasteiger partial charge is 0.336 e. The minimum absolute atomic E-state index is 0.210. The van der Waals surface area contributed by atoms with E-state index in [1.54, 1.807) is 41.5 Å². The van der Waals surface area contributed by atoms with Gasteiger partial charge in [-0.05, 0) is 12.1 Å². The van der Waals surface area contributed by atoms with Gasteiger partial charge in [-0.15, -0.1) is 0 Å². The van der Waals surface area contributed by atoms with E-state index in [1.165, 1.54) is 0 Å². The van der Waals surface area contributed by atoms with Crippen LogP contribution in [0.1, 0.15) is 83.0 Å². The van der Waals surface area contributed by atoms with E-state index in [-0.39, 0.29) is 22.3 Å². The summed E-state index contributed by atoms with van der Waals surface area (Å²) in [6.45, 7) is 9.64. The molecule has 24 heavy (non-hydrogen) atoms. The van der Waals surface area contributed by atoms with Crippen LogP contribution in [0, 0.1) is 10.8 Å². The molecule has 0 aliphatic carbocycles. The molecule has 130 valence electrons. The molecule has 0 saturated carbocycles. The first-order chi connectivity index (χ1) is 10.7. The van der Waals surface area contributed by atoms with Crippen LogP contribution in [0.5, 0.6) is 0 Å². The molecule has 1 aromatic carbocycles. The van der Waals surface area contributed by atoms with Gasteiger partial charge in [0.2, 0.25) is 0 Å². The number of ketones is 2. The maximum atomic E-state index is 12.5. The molecule has 6 nitrogen and oxygen atoms in total. The Morgan fingerprint density at radius 2 is 0.875 bits per heavy atom. The van der Waals surface area contributed by atoms with Crippen molar-refractivity contribution in [2.24, 2.45) is 10.8 Å². The third-order valence-corrected chi connectivity index (χ3v) is 3.47. The van der Waals surface area contributed by atoms with Crippen LogP contribution in [-0.2, 0) is 0 Å². The maximum absolute atomic E-state index is 12.5. The number of carboxylic acid groups (broad SMARTS) is 2. The summed E-state index contributed by atoms with van der Waals surface area (Å²) in [6, 6.07) is 2.00. The van der Waals surface area contributed by atoms with Crippen LogP contribution in [0.4, 0.5) is 0 Å². The lowest BCUT2D eigenvalue weighted by Crippen LogP contribution is -2.27. The highest BCUT2D eigenvalue weighted by Gasteiger charge is 2.33. The second kappa shape index (κ2) is 6.19. The van der Waals surface area contributed by atoms with Crippen molar-refractivity contribution in [3.63, 3.8) is 0 Å². The van der Waals surface area contributed by atoms with Gasteiger partial charge in [-0.2, -0.15) is 0 Å². The second-order valence-electron chi connectivity index (χ2n) is 7.71. The number of aromatic carboxylic acids is 2. The average molecular weight is 334 g/mol. The molecule has 0 spiro atoms. The van der Waals surface area contributed by atoms with Crippen LogP contribution in [-0.4, -0.2) is 33.7 Å². The molecule has 0 aliphatic heterocycles. The van der Waals surface area contributed by atoms with Gasteiger partial charge in [0.15, 0.2) is 11.6 Å². The Kier molecular flexibility index (Phi) is 5.04. The van der Waals surface area contributed by atoms with Crippen LogP contribution >= 0.6 is 0 Å². The van der Waals surface area contributed by atoms with Crippen LogP contribution in [0.2, 0.25) is 0 Å². The van der Waals surface area contributed by atoms with Gasteiger partial charge in [0.1, 0.15) is 0 Å². The summed E-state index contributed by atoms with van der Waals surface area (Å²) in [7, 11) is 0. The van der Waals surface area contributed by atoms with Crippen molar-refractivity contribution in [1.29, 1.82) is 0 Å². The van der Waals surface area contributed by atoms with E-state index in [0.29, 0.717) is 0 Å². The molecule has 0 heterocycles. The van der Waals surface area contributed by atoms with E-state index in [2.05, 4.69) is 0 Å². The molecule has 6 heteroatoms. The van der Waals surface area contributed by atoms with Crippen molar-refractivity contribution >= 4 is 23.5 Å². The highest BCUT2D eigenvalue weighted by Crippen LogP contribution is 2.29. The molecular formula is C18H22O6. The Morgan fingerprint density at radius 1 is 0.625 bits per heavy atom. The Balaban J connectivity index is 3.82. The van der Waals surface area contributed by atoms with Crippen LogP contribution < -0.4 is 0 Å². The van der Waals surface area contributed by atoms with E-state index in [0.717, 1.165) is 12.1 Å². The Morgan fingerprint density at radius 3 is 1.04 bits per heavy atom. The molecule has 0 amide bonds. The Labute approximate surface area is 140 Å². The molecule has 0 atom stereocenters. The summed E-state index contributed by atoms with van der Waals surface area (Å²) in [4.78, 5) is 48.1. The van der Waals surface area contributed by atoms with Gasteiger partial charge in [-0.25, -0.2) is 9.59 Å². The summed E-state index contributed by atoms with van der Waals surface area (Å²) < 4.78 is 0. The molecule has 2 N–H and O–H groups in total. The number of carbonyl (C=O) groups excluding carboxylic acids is 2. The maximum Gasteiger partial charge on any atom is 0.336 e. The lowest BCUT2D eigenvalue weighted by atomic mass is 9.80. The first-order valence-corrected chi connectivity index (χ1v) is 7.42. The quantitative estimate of drug-likeness (QED) is 0.815. The summed E-state index contributed by atoms with van der Waals surface area (Å²) in [6.07, 6.45) is 0. The first-order valence-electron chi connectivity index (χ1n) is 7.42. The molecular weight excluding hydrogens is 312 g/mol. The van der Waals surface area contributed by atoms with Crippen LogP contribution in [0.25, 0.3) is 0 Å². The number of Topliss-reactive ketones (excluding diaryl/α,β-unsaturated/α-hetero) is 2. The first kappa shape index (κ1) is 19.5. The SMILES string of the molecule is CC(C)(C)C(=O)c1cc(C(=O)O)c(C(=O)C(C)(C)C)cc1C(=O)O. The van der Waals surface area contributed by atoms with E-state index in [4.69, 9.17) is 0 Å². The molecule has 1 rings (SSSR count). The van der Waals surface area contributed by atoms with Crippen molar-refractivity contribution in [3.8, 4) is 0 Å². The molecule has 1 aromatic rings. The fourth-order valence-electron chi connectivity index (χ4n) is 2.14. The lowest BCUT2D eigenvalue weighted by molar-refractivity contribution is 0.0672. The van der Waals surface area contributed by atoms with Crippen molar-refractivity contribution in [3.05, 3.63) is 34.4 Å². The highest BCUT2D eigenvalue weighted by molar-refractivity contribution is 6.14. The number of benzene rings is 1. The Hall–Kier alpha value is -2.50. The molecule has 0 bridgehead atoms. The molecule has 0 aliphatic rings. The third kappa shape index (κ3) is 3.88. The second-order valence-corrected chi connectivity index (χ2v) is 7.71. The van der Waals surface area contributed by atoms with Crippen molar-refractivity contribution in [1.82, 2.24) is 0 Å². The third-order valence-electron chi connectivity index (χ3n) is 3.47. The van der Waals surface area contributed by atoms with Crippen LogP contribution in [0.3, 0.4) is 0 Å². The predicted octanol–water partition coefficient (Wildman–Crippen LogP) is 3.54. The van der Waals surface area contributed by atoms with Gasteiger partial charge in [0.05, 0.1) is 11.1 Å². The average Bonchev–Trinajstić information content (AvgIpc) is 2.41. The van der Waals surface area contributed by atoms with E-state index in [9.17, 15) is 29.4 Å². The van der Waals surface area contributed by atoms with Crippen molar-refractivity contribution < 1.29 is 29.4 Å². The molecule has 0 radical (unpaired) electrons. The van der Waals surface area contributed by atoms with Gasteiger partial charge >= 0.3 is 11.9 Å². The summed E-state index contributed by atoms with van der Waals surface area (Å²) in [5, 5.41) is 18.8. The highest BCUT2D eigenvalue weighted by atomic mass is 16.4. The predicted molar refractivity (Wildman–Crippen MR) is 87.9 cm³/mol. The van der Waals surface area contributed by atoms with E-state index < -0.39 is 34.3 Å². The number of hydrogen-bond acceptors (Lipinski definition) is 4. The minimum atomic E-state index is -1.39. The van der Waals surface area contributed by atoms with E-state index >= 15 is 0 Å². The van der Waals surface area contributed by atoms with Gasteiger partial charge in [-0.3, -0.25) is 9.59 Å². The fraction of sp³-hybridized carbons (Fsp3) is 0.444. The van der Waals surface area contributed by atoms with Gasteiger partial charge in [0, 0.05) is 22.0 Å². The summed E-state index contributed by atoms with van der Waals surface area (Å²) in [5.41, 5.74) is -2.94. The van der Waals surface area contributed by atoms with E-state index in [1.807, 2.05) is 0 Å². The Bertz CT molecular complexity index is 665. The number of carbonyl (C=O) groups is 4. The summed E-state index contributed by atoms with van der Waals surface area (Å²) in [5.74, 6) is -3.78. The number of rotatable bonds is 4. The van der Waals surface area contributed by atoms with Gasteiger partial charge < -0.3 is 10.2 Å². The standard InChI is InChI=1S/C18H22O6/c1-17(2,3)13(19)9-7-12(16(23)24)10(8-11(9)15(21)22)14(20)18(4,5)6/h7-8H,1-6H3,(H,21,22)(H,23,24). The number of carboxylic acids is 2.